The Hall–Kier alpha value is -0.610. The summed E-state index contributed by atoms with van der Waals surface area (Å²) in [7, 11) is 1.66. The standard InChI is InChI=1S/C13H20ClNO2/c1-16-8-9-17-7-6-13(15)10-11-2-4-12(14)5-3-11/h2-5,13H,6-10,15H2,1H3. The summed E-state index contributed by atoms with van der Waals surface area (Å²) >= 11 is 5.82. The molecule has 0 bridgehead atoms. The Kier molecular flexibility index (Phi) is 7.21. The molecule has 0 aromatic heterocycles. The van der Waals surface area contributed by atoms with Crippen molar-refractivity contribution in [3.63, 3.8) is 0 Å². The highest BCUT2D eigenvalue weighted by atomic mass is 35.5. The SMILES string of the molecule is COCCOCCC(N)Cc1ccc(Cl)cc1. The number of methoxy groups -OCH3 is 1. The van der Waals surface area contributed by atoms with Crippen molar-refractivity contribution in [2.75, 3.05) is 26.9 Å². The molecule has 0 fully saturated rings. The van der Waals surface area contributed by atoms with E-state index in [-0.39, 0.29) is 6.04 Å². The normalized spacial score (nSPS) is 12.6. The van der Waals surface area contributed by atoms with Gasteiger partial charge >= 0.3 is 0 Å². The summed E-state index contributed by atoms with van der Waals surface area (Å²) in [5.74, 6) is 0. The van der Waals surface area contributed by atoms with Gasteiger partial charge in [-0.15, -0.1) is 0 Å². The van der Waals surface area contributed by atoms with Gasteiger partial charge in [-0.25, -0.2) is 0 Å². The van der Waals surface area contributed by atoms with Gasteiger partial charge in [0.2, 0.25) is 0 Å². The zero-order valence-corrected chi connectivity index (χ0v) is 11.0. The van der Waals surface area contributed by atoms with E-state index in [1.165, 1.54) is 5.56 Å². The lowest BCUT2D eigenvalue weighted by molar-refractivity contribution is 0.0672. The van der Waals surface area contributed by atoms with E-state index in [4.69, 9.17) is 26.8 Å². The fourth-order valence-electron chi connectivity index (χ4n) is 1.50. The van der Waals surface area contributed by atoms with Gasteiger partial charge in [0.1, 0.15) is 0 Å². The maximum Gasteiger partial charge on any atom is 0.0700 e. The van der Waals surface area contributed by atoms with Crippen molar-refractivity contribution in [3.05, 3.63) is 34.9 Å². The Morgan fingerprint density at radius 2 is 1.88 bits per heavy atom. The van der Waals surface area contributed by atoms with Crippen LogP contribution in [0, 0.1) is 0 Å². The molecule has 1 aromatic carbocycles. The second-order valence-corrected chi connectivity index (χ2v) is 4.42. The van der Waals surface area contributed by atoms with Crippen LogP contribution in [0.25, 0.3) is 0 Å². The second-order valence-electron chi connectivity index (χ2n) is 3.98. The summed E-state index contributed by atoms with van der Waals surface area (Å²) < 4.78 is 10.3. The van der Waals surface area contributed by atoms with Gasteiger partial charge in [-0.1, -0.05) is 23.7 Å². The van der Waals surface area contributed by atoms with Crippen molar-refractivity contribution < 1.29 is 9.47 Å². The Balaban J connectivity index is 2.16. The van der Waals surface area contributed by atoms with Crippen LogP contribution in [0.2, 0.25) is 5.02 Å². The summed E-state index contributed by atoms with van der Waals surface area (Å²) in [5.41, 5.74) is 7.22. The Morgan fingerprint density at radius 3 is 2.53 bits per heavy atom. The molecule has 1 aromatic rings. The van der Waals surface area contributed by atoms with Gasteiger partial charge in [0, 0.05) is 24.8 Å². The molecule has 1 rings (SSSR count). The van der Waals surface area contributed by atoms with E-state index in [1.54, 1.807) is 7.11 Å². The molecule has 0 aliphatic rings. The summed E-state index contributed by atoms with van der Waals surface area (Å²) in [6.45, 7) is 1.94. The first-order valence-electron chi connectivity index (χ1n) is 5.79. The third-order valence-corrected chi connectivity index (χ3v) is 2.73. The van der Waals surface area contributed by atoms with Gasteiger partial charge in [0.15, 0.2) is 0 Å². The van der Waals surface area contributed by atoms with Crippen molar-refractivity contribution in [2.24, 2.45) is 5.73 Å². The lowest BCUT2D eigenvalue weighted by atomic mass is 10.0. The highest BCUT2D eigenvalue weighted by Crippen LogP contribution is 2.11. The summed E-state index contributed by atoms with van der Waals surface area (Å²) in [4.78, 5) is 0. The Bertz CT molecular complexity index is 303. The number of nitrogens with two attached hydrogens (primary N) is 1. The smallest absolute Gasteiger partial charge is 0.0700 e. The summed E-state index contributed by atoms with van der Waals surface area (Å²) in [6.07, 6.45) is 1.71. The number of ether oxygens (including phenoxy) is 2. The van der Waals surface area contributed by atoms with Crippen LogP contribution >= 0.6 is 11.6 Å². The van der Waals surface area contributed by atoms with Crippen LogP contribution in [0.5, 0.6) is 0 Å². The molecule has 0 spiro atoms. The fraction of sp³-hybridized carbons (Fsp3) is 0.538. The van der Waals surface area contributed by atoms with Gasteiger partial charge in [-0.2, -0.15) is 0 Å². The molecule has 96 valence electrons. The molecule has 0 aliphatic carbocycles. The zero-order chi connectivity index (χ0) is 12.5. The topological polar surface area (TPSA) is 44.5 Å². The van der Waals surface area contributed by atoms with Gasteiger partial charge in [0.05, 0.1) is 13.2 Å². The lowest BCUT2D eigenvalue weighted by Gasteiger charge is -2.11. The summed E-state index contributed by atoms with van der Waals surface area (Å²) in [6, 6.07) is 7.91. The van der Waals surface area contributed by atoms with Crippen LogP contribution in [0.1, 0.15) is 12.0 Å². The third-order valence-electron chi connectivity index (χ3n) is 2.48. The lowest BCUT2D eigenvalue weighted by Crippen LogP contribution is -2.24. The predicted molar refractivity (Wildman–Crippen MR) is 70.4 cm³/mol. The van der Waals surface area contributed by atoms with E-state index >= 15 is 0 Å². The van der Waals surface area contributed by atoms with Crippen LogP contribution in [0.15, 0.2) is 24.3 Å². The quantitative estimate of drug-likeness (QED) is 0.727. The van der Waals surface area contributed by atoms with Crippen LogP contribution in [0.3, 0.4) is 0 Å². The van der Waals surface area contributed by atoms with Crippen molar-refractivity contribution in [2.45, 2.75) is 18.9 Å². The third kappa shape index (κ3) is 6.64. The van der Waals surface area contributed by atoms with E-state index in [0.29, 0.717) is 19.8 Å². The molecule has 4 heteroatoms. The Morgan fingerprint density at radius 1 is 1.18 bits per heavy atom. The minimum atomic E-state index is 0.124. The average Bonchev–Trinajstić information content (AvgIpc) is 2.32. The first kappa shape index (κ1) is 14.5. The molecule has 0 radical (unpaired) electrons. The first-order valence-corrected chi connectivity index (χ1v) is 6.17. The number of hydrogen-bond donors (Lipinski definition) is 1. The molecule has 17 heavy (non-hydrogen) atoms. The predicted octanol–water partition coefficient (Wildman–Crippen LogP) is 2.26. The molecule has 0 saturated carbocycles. The van der Waals surface area contributed by atoms with Crippen LogP contribution in [-0.4, -0.2) is 33.0 Å². The van der Waals surface area contributed by atoms with Crippen molar-refractivity contribution in [1.29, 1.82) is 0 Å². The second kappa shape index (κ2) is 8.48. The van der Waals surface area contributed by atoms with Gasteiger partial charge in [-0.3, -0.25) is 0 Å². The van der Waals surface area contributed by atoms with Crippen molar-refractivity contribution in [1.82, 2.24) is 0 Å². The molecule has 0 heterocycles. The maximum absolute atomic E-state index is 6.01. The minimum absolute atomic E-state index is 0.124. The molecule has 1 atom stereocenters. The number of rotatable bonds is 8. The van der Waals surface area contributed by atoms with E-state index < -0.39 is 0 Å². The molecular weight excluding hydrogens is 238 g/mol. The molecule has 0 saturated heterocycles. The monoisotopic (exact) mass is 257 g/mol. The average molecular weight is 258 g/mol. The zero-order valence-electron chi connectivity index (χ0n) is 10.2. The molecule has 1 unspecified atom stereocenters. The fourth-order valence-corrected chi connectivity index (χ4v) is 1.63. The van der Waals surface area contributed by atoms with E-state index in [9.17, 15) is 0 Å². The van der Waals surface area contributed by atoms with E-state index in [0.717, 1.165) is 17.9 Å². The van der Waals surface area contributed by atoms with Crippen molar-refractivity contribution >= 4 is 11.6 Å². The molecule has 0 amide bonds. The van der Waals surface area contributed by atoms with Crippen LogP contribution < -0.4 is 5.73 Å². The number of benzene rings is 1. The number of halogens is 1. The summed E-state index contributed by atoms with van der Waals surface area (Å²) in [5, 5.41) is 0.755. The highest BCUT2D eigenvalue weighted by Gasteiger charge is 2.04. The van der Waals surface area contributed by atoms with Crippen molar-refractivity contribution in [3.8, 4) is 0 Å². The molecule has 2 N–H and O–H groups in total. The highest BCUT2D eigenvalue weighted by molar-refractivity contribution is 6.30. The van der Waals surface area contributed by atoms with Gasteiger partial charge in [-0.05, 0) is 30.5 Å². The first-order chi connectivity index (χ1) is 8.22. The van der Waals surface area contributed by atoms with Gasteiger partial charge < -0.3 is 15.2 Å². The maximum atomic E-state index is 6.01. The van der Waals surface area contributed by atoms with E-state index in [2.05, 4.69) is 0 Å². The Labute approximate surface area is 108 Å². The molecular formula is C13H20ClNO2. The van der Waals surface area contributed by atoms with Gasteiger partial charge in [0.25, 0.3) is 0 Å². The van der Waals surface area contributed by atoms with Crippen LogP contribution in [0.4, 0.5) is 0 Å². The van der Waals surface area contributed by atoms with Crippen LogP contribution in [-0.2, 0) is 15.9 Å². The minimum Gasteiger partial charge on any atom is -0.382 e. The van der Waals surface area contributed by atoms with E-state index in [1.807, 2.05) is 24.3 Å². The number of hydrogen-bond acceptors (Lipinski definition) is 3. The largest absolute Gasteiger partial charge is 0.382 e. The molecule has 3 nitrogen and oxygen atoms in total. The molecule has 0 aliphatic heterocycles.